The summed E-state index contributed by atoms with van der Waals surface area (Å²) in [4.78, 5) is 18.3. The summed E-state index contributed by atoms with van der Waals surface area (Å²) < 4.78 is 5.38. The maximum absolute atomic E-state index is 9.03. The van der Waals surface area contributed by atoms with Crippen LogP contribution in [0.2, 0.25) is 0 Å². The van der Waals surface area contributed by atoms with E-state index < -0.39 is 6.10 Å². The van der Waals surface area contributed by atoms with Crippen LogP contribution in [0.25, 0.3) is 11.2 Å². The number of morpholine rings is 1. The third-order valence-corrected chi connectivity index (χ3v) is 3.31. The topological polar surface area (TPSA) is 103 Å². The van der Waals surface area contributed by atoms with Crippen molar-refractivity contribution in [2.24, 2.45) is 0 Å². The van der Waals surface area contributed by atoms with Gasteiger partial charge in [0.25, 0.3) is 0 Å². The van der Waals surface area contributed by atoms with Crippen molar-refractivity contribution in [2.45, 2.75) is 19.4 Å². The van der Waals surface area contributed by atoms with Crippen LogP contribution in [0, 0.1) is 11.3 Å². The summed E-state index contributed by atoms with van der Waals surface area (Å²) in [6.45, 7) is 4.58. The summed E-state index contributed by atoms with van der Waals surface area (Å²) in [7, 11) is 0. The highest BCUT2D eigenvalue weighted by atomic mass is 16.5. The molecule has 0 spiro atoms. The lowest BCUT2D eigenvalue weighted by Crippen LogP contribution is -2.42. The third-order valence-electron chi connectivity index (χ3n) is 3.31. The zero-order valence-corrected chi connectivity index (χ0v) is 11.8. The Labute approximate surface area is 122 Å². The minimum atomic E-state index is -0.432. The number of anilines is 2. The first kappa shape index (κ1) is 13.6. The molecule has 0 saturated carbocycles. The number of aromatic amines is 1. The van der Waals surface area contributed by atoms with Gasteiger partial charge in [-0.1, -0.05) is 6.92 Å². The normalized spacial score (nSPS) is 18.7. The number of H-pyrrole nitrogens is 1. The lowest BCUT2D eigenvalue weighted by Gasteiger charge is -2.30. The van der Waals surface area contributed by atoms with Crippen molar-refractivity contribution in [2.75, 3.05) is 36.5 Å². The van der Waals surface area contributed by atoms with E-state index in [0.29, 0.717) is 31.3 Å². The molecule has 0 bridgehead atoms. The third kappa shape index (κ3) is 2.73. The first-order chi connectivity index (χ1) is 10.3. The number of ether oxygens (including phenoxy) is 1. The average molecular weight is 287 g/mol. The summed E-state index contributed by atoms with van der Waals surface area (Å²) >= 11 is 0. The molecule has 1 fully saturated rings. The second kappa shape index (κ2) is 5.93. The van der Waals surface area contributed by atoms with Crippen molar-refractivity contribution in [1.82, 2.24) is 19.9 Å². The zero-order valence-electron chi connectivity index (χ0n) is 11.8. The van der Waals surface area contributed by atoms with Crippen LogP contribution in [0.1, 0.15) is 13.3 Å². The van der Waals surface area contributed by atoms with E-state index in [1.807, 2.05) is 4.90 Å². The van der Waals surface area contributed by atoms with Crippen molar-refractivity contribution < 1.29 is 4.74 Å². The minimum absolute atomic E-state index is 0.432. The number of rotatable bonds is 4. The maximum atomic E-state index is 9.03. The summed E-state index contributed by atoms with van der Waals surface area (Å²) in [6.07, 6.45) is 2.17. The van der Waals surface area contributed by atoms with E-state index in [1.165, 1.54) is 0 Å². The van der Waals surface area contributed by atoms with E-state index in [-0.39, 0.29) is 0 Å². The Kier molecular flexibility index (Phi) is 3.83. The Hall–Kier alpha value is -2.40. The van der Waals surface area contributed by atoms with Gasteiger partial charge in [-0.2, -0.15) is 15.2 Å². The summed E-state index contributed by atoms with van der Waals surface area (Å²) in [5.74, 6) is 1.33. The second-order valence-corrected chi connectivity index (χ2v) is 4.83. The molecule has 2 N–H and O–H groups in total. The number of fused-ring (bicyclic) bond motifs is 1. The Balaban J connectivity index is 1.95. The number of imidazole rings is 1. The van der Waals surface area contributed by atoms with Crippen LogP contribution in [0.3, 0.4) is 0 Å². The first-order valence-corrected chi connectivity index (χ1v) is 7.03. The van der Waals surface area contributed by atoms with Crippen molar-refractivity contribution in [3.05, 3.63) is 6.33 Å². The number of aromatic nitrogens is 4. The predicted molar refractivity (Wildman–Crippen MR) is 78.0 cm³/mol. The van der Waals surface area contributed by atoms with Crippen LogP contribution in [0.5, 0.6) is 0 Å². The zero-order chi connectivity index (χ0) is 14.7. The van der Waals surface area contributed by atoms with Gasteiger partial charge in [0, 0.05) is 13.1 Å². The Bertz CT molecular complexity index is 662. The lowest BCUT2D eigenvalue weighted by molar-refractivity contribution is 0.0762. The van der Waals surface area contributed by atoms with Gasteiger partial charge in [0.15, 0.2) is 17.6 Å². The van der Waals surface area contributed by atoms with Crippen LogP contribution in [-0.2, 0) is 4.74 Å². The minimum Gasteiger partial charge on any atom is -0.360 e. The molecule has 0 aromatic carbocycles. The molecule has 1 aliphatic heterocycles. The maximum Gasteiger partial charge on any atom is 0.226 e. The highest BCUT2D eigenvalue weighted by Gasteiger charge is 2.24. The van der Waals surface area contributed by atoms with Crippen LogP contribution in [0.4, 0.5) is 11.8 Å². The molecule has 3 heterocycles. The van der Waals surface area contributed by atoms with Gasteiger partial charge >= 0.3 is 0 Å². The second-order valence-electron chi connectivity index (χ2n) is 4.83. The van der Waals surface area contributed by atoms with Crippen LogP contribution < -0.4 is 10.2 Å². The molecule has 1 unspecified atom stereocenters. The Morgan fingerprint density at radius 2 is 2.48 bits per heavy atom. The monoisotopic (exact) mass is 287 g/mol. The molecule has 0 amide bonds. The molecular formula is C13H17N7O. The van der Waals surface area contributed by atoms with Crippen LogP contribution >= 0.6 is 0 Å². The van der Waals surface area contributed by atoms with E-state index in [2.05, 4.69) is 38.2 Å². The van der Waals surface area contributed by atoms with E-state index in [4.69, 9.17) is 10.00 Å². The fraction of sp³-hybridized carbons (Fsp3) is 0.538. The average Bonchev–Trinajstić information content (AvgIpc) is 3.00. The van der Waals surface area contributed by atoms with Crippen molar-refractivity contribution in [1.29, 1.82) is 5.26 Å². The fourth-order valence-corrected chi connectivity index (χ4v) is 2.28. The molecule has 0 radical (unpaired) electrons. The summed E-state index contributed by atoms with van der Waals surface area (Å²) in [6, 6.07) is 2.15. The number of nitrogens with zero attached hydrogens (tertiary/aromatic N) is 5. The SMILES string of the molecule is CCCNc1nc(N2CCOC(C#N)C2)c2[nH]cnc2n1. The standard InChI is InChI=1S/C13H17N7O/c1-2-3-15-13-18-11-10(16-8-17-11)12(19-13)20-4-5-21-9(6-14)7-20/h8-9H,2-5,7H2,1H3,(H2,15,16,17,18,19). The molecule has 2 aromatic heterocycles. The van der Waals surface area contributed by atoms with E-state index >= 15 is 0 Å². The number of nitrogens with one attached hydrogen (secondary N) is 2. The summed E-state index contributed by atoms with van der Waals surface area (Å²) in [5.41, 5.74) is 1.41. The molecule has 110 valence electrons. The van der Waals surface area contributed by atoms with E-state index in [9.17, 15) is 0 Å². The molecule has 21 heavy (non-hydrogen) atoms. The van der Waals surface area contributed by atoms with Gasteiger partial charge in [0.05, 0.1) is 25.5 Å². The summed E-state index contributed by atoms with van der Waals surface area (Å²) in [5, 5.41) is 12.2. The Morgan fingerprint density at radius 3 is 3.29 bits per heavy atom. The van der Waals surface area contributed by atoms with Gasteiger partial charge in [0.1, 0.15) is 5.52 Å². The highest BCUT2D eigenvalue weighted by molar-refractivity contribution is 5.84. The van der Waals surface area contributed by atoms with Gasteiger partial charge in [-0.25, -0.2) is 4.98 Å². The molecule has 1 atom stereocenters. The molecule has 1 aliphatic rings. The highest BCUT2D eigenvalue weighted by Crippen LogP contribution is 2.24. The van der Waals surface area contributed by atoms with Gasteiger partial charge in [0.2, 0.25) is 5.95 Å². The molecule has 8 nitrogen and oxygen atoms in total. The smallest absolute Gasteiger partial charge is 0.226 e. The van der Waals surface area contributed by atoms with Crippen LogP contribution in [-0.4, -0.2) is 52.3 Å². The van der Waals surface area contributed by atoms with E-state index in [0.717, 1.165) is 24.3 Å². The molecule has 1 saturated heterocycles. The largest absolute Gasteiger partial charge is 0.360 e. The molecule has 8 heteroatoms. The van der Waals surface area contributed by atoms with Crippen LogP contribution in [0.15, 0.2) is 6.33 Å². The first-order valence-electron chi connectivity index (χ1n) is 7.03. The van der Waals surface area contributed by atoms with Gasteiger partial charge in [-0.15, -0.1) is 0 Å². The fourth-order valence-electron chi connectivity index (χ4n) is 2.28. The molecule has 0 aliphatic carbocycles. The van der Waals surface area contributed by atoms with E-state index in [1.54, 1.807) is 6.33 Å². The number of hydrogen-bond donors (Lipinski definition) is 2. The molecule has 3 rings (SSSR count). The van der Waals surface area contributed by atoms with Crippen molar-refractivity contribution in [3.8, 4) is 6.07 Å². The van der Waals surface area contributed by atoms with Gasteiger partial charge in [-0.05, 0) is 6.42 Å². The van der Waals surface area contributed by atoms with Gasteiger partial charge in [-0.3, -0.25) is 0 Å². The number of nitriles is 1. The quantitative estimate of drug-likeness (QED) is 0.861. The van der Waals surface area contributed by atoms with Crippen molar-refractivity contribution >= 4 is 22.9 Å². The molecule has 2 aromatic rings. The van der Waals surface area contributed by atoms with Crippen molar-refractivity contribution in [3.63, 3.8) is 0 Å². The predicted octanol–water partition coefficient (Wildman–Crippen LogP) is 0.904. The Morgan fingerprint density at radius 1 is 1.57 bits per heavy atom. The molecular weight excluding hydrogens is 270 g/mol. The lowest BCUT2D eigenvalue weighted by atomic mass is 10.3. The number of hydrogen-bond acceptors (Lipinski definition) is 7. The van der Waals surface area contributed by atoms with Gasteiger partial charge < -0.3 is 19.9 Å².